The summed E-state index contributed by atoms with van der Waals surface area (Å²) in [4.78, 5) is 15.5. The summed E-state index contributed by atoms with van der Waals surface area (Å²) >= 11 is 7.43. The second-order valence-corrected chi connectivity index (χ2v) is 6.78. The van der Waals surface area contributed by atoms with Crippen molar-refractivity contribution in [1.29, 1.82) is 0 Å². The summed E-state index contributed by atoms with van der Waals surface area (Å²) < 4.78 is 0.794. The van der Waals surface area contributed by atoms with Crippen LogP contribution in [0.2, 0.25) is 4.34 Å². The molecule has 1 saturated heterocycles. The van der Waals surface area contributed by atoms with Gasteiger partial charge in [-0.15, -0.1) is 11.3 Å². The third-order valence-electron chi connectivity index (χ3n) is 3.63. The molecule has 2 rings (SSSR count). The molecule has 3 nitrogen and oxygen atoms in total. The summed E-state index contributed by atoms with van der Waals surface area (Å²) in [5.41, 5.74) is 0. The number of piperidine rings is 1. The average molecular weight is 301 g/mol. The zero-order valence-electron chi connectivity index (χ0n) is 11.3. The van der Waals surface area contributed by atoms with E-state index < -0.39 is 0 Å². The van der Waals surface area contributed by atoms with Gasteiger partial charge >= 0.3 is 0 Å². The van der Waals surface area contributed by atoms with Crippen molar-refractivity contribution >= 4 is 28.8 Å². The molecule has 19 heavy (non-hydrogen) atoms. The quantitative estimate of drug-likeness (QED) is 0.907. The Morgan fingerprint density at radius 3 is 2.79 bits per heavy atom. The Morgan fingerprint density at radius 2 is 2.21 bits per heavy atom. The number of halogens is 1. The van der Waals surface area contributed by atoms with Crippen molar-refractivity contribution < 1.29 is 4.79 Å². The molecule has 5 heteroatoms. The van der Waals surface area contributed by atoms with Gasteiger partial charge in [-0.3, -0.25) is 4.79 Å². The lowest BCUT2D eigenvalue weighted by molar-refractivity contribution is -0.122. The fourth-order valence-electron chi connectivity index (χ4n) is 2.42. The number of amides is 1. The normalized spacial score (nSPS) is 17.6. The molecule has 0 atom stereocenters. The minimum absolute atomic E-state index is 0.166. The summed E-state index contributed by atoms with van der Waals surface area (Å²) in [6.45, 7) is 5.49. The van der Waals surface area contributed by atoms with Gasteiger partial charge < -0.3 is 10.2 Å². The number of carbonyl (C=O) groups excluding carboxylic acids is 1. The topological polar surface area (TPSA) is 32.3 Å². The predicted molar refractivity (Wildman–Crippen MR) is 80.9 cm³/mol. The number of nitrogens with zero attached hydrogens (tertiary/aromatic N) is 1. The fourth-order valence-corrected chi connectivity index (χ4v) is 3.50. The number of nitrogens with one attached hydrogen (secondary N) is 1. The monoisotopic (exact) mass is 300 g/mol. The number of likely N-dealkylation sites (tertiary alicyclic amines) is 1. The number of hydrogen-bond acceptors (Lipinski definition) is 3. The van der Waals surface area contributed by atoms with Crippen molar-refractivity contribution in [2.45, 2.75) is 38.6 Å². The van der Waals surface area contributed by atoms with Crippen LogP contribution in [0.3, 0.4) is 0 Å². The maximum Gasteiger partial charge on any atom is 0.220 e. The first-order valence-corrected chi connectivity index (χ1v) is 8.12. The average Bonchev–Trinajstić information content (AvgIpc) is 2.83. The Hall–Kier alpha value is -0.580. The first-order chi connectivity index (χ1) is 9.17. The smallest absolute Gasteiger partial charge is 0.220 e. The zero-order chi connectivity index (χ0) is 13.7. The highest BCUT2D eigenvalue weighted by Crippen LogP contribution is 2.22. The molecule has 0 aromatic carbocycles. The molecule has 1 aromatic rings. The largest absolute Gasteiger partial charge is 0.353 e. The van der Waals surface area contributed by atoms with Gasteiger partial charge in [0, 0.05) is 30.4 Å². The molecule has 1 aliphatic rings. The van der Waals surface area contributed by atoms with Gasteiger partial charge in [0.1, 0.15) is 0 Å². The number of aryl methyl sites for hydroxylation is 1. The van der Waals surface area contributed by atoms with Gasteiger partial charge in [0.2, 0.25) is 5.91 Å². The van der Waals surface area contributed by atoms with Crippen LogP contribution in [0, 0.1) is 0 Å². The number of hydrogen-bond donors (Lipinski definition) is 1. The van der Waals surface area contributed by atoms with E-state index in [1.54, 1.807) is 11.3 Å². The van der Waals surface area contributed by atoms with Crippen LogP contribution in [0.1, 0.15) is 31.1 Å². The van der Waals surface area contributed by atoms with E-state index in [0.717, 1.165) is 43.2 Å². The molecule has 0 unspecified atom stereocenters. The number of rotatable bonds is 5. The van der Waals surface area contributed by atoms with Crippen LogP contribution < -0.4 is 5.32 Å². The summed E-state index contributed by atoms with van der Waals surface area (Å²) in [7, 11) is 0. The molecular formula is C14H21ClN2OS. The molecule has 0 bridgehead atoms. The molecule has 0 spiro atoms. The molecule has 1 N–H and O–H groups in total. The highest BCUT2D eigenvalue weighted by atomic mass is 35.5. The van der Waals surface area contributed by atoms with Gasteiger partial charge in [-0.1, -0.05) is 18.5 Å². The molecule has 1 fully saturated rings. The first-order valence-electron chi connectivity index (χ1n) is 6.93. The Bertz CT molecular complexity index is 413. The minimum Gasteiger partial charge on any atom is -0.353 e. The molecule has 1 aromatic heterocycles. The lowest BCUT2D eigenvalue weighted by Crippen LogP contribution is -2.44. The van der Waals surface area contributed by atoms with E-state index in [-0.39, 0.29) is 5.91 Å². The molecule has 0 saturated carbocycles. The Labute approximate surface area is 123 Å². The summed E-state index contributed by atoms with van der Waals surface area (Å²) in [5.74, 6) is 0.166. The van der Waals surface area contributed by atoms with Crippen molar-refractivity contribution in [2.24, 2.45) is 0 Å². The Balaban J connectivity index is 1.67. The molecule has 0 radical (unpaired) electrons. The first kappa shape index (κ1) is 14.8. The second-order valence-electron chi connectivity index (χ2n) is 4.98. The predicted octanol–water partition coefficient (Wildman–Crippen LogP) is 2.93. The van der Waals surface area contributed by atoms with Crippen LogP contribution in [0.5, 0.6) is 0 Å². The van der Waals surface area contributed by atoms with E-state index in [1.807, 2.05) is 12.1 Å². The van der Waals surface area contributed by atoms with Gasteiger partial charge in [-0.25, -0.2) is 0 Å². The van der Waals surface area contributed by atoms with E-state index in [9.17, 15) is 4.79 Å². The third-order valence-corrected chi connectivity index (χ3v) is 4.92. The van der Waals surface area contributed by atoms with Crippen molar-refractivity contribution in [2.75, 3.05) is 19.6 Å². The minimum atomic E-state index is 0.166. The van der Waals surface area contributed by atoms with Crippen molar-refractivity contribution in [1.82, 2.24) is 10.2 Å². The van der Waals surface area contributed by atoms with Crippen LogP contribution >= 0.6 is 22.9 Å². The lowest BCUT2D eigenvalue weighted by atomic mass is 10.0. The van der Waals surface area contributed by atoms with E-state index in [0.29, 0.717) is 12.5 Å². The van der Waals surface area contributed by atoms with Crippen molar-refractivity contribution in [3.8, 4) is 0 Å². The standard InChI is InChI=1S/C14H21ClN2OS/c1-2-17-9-7-11(8-10-17)16-14(18)6-4-12-3-5-13(15)19-12/h3,5,11H,2,4,6-10H2,1H3,(H,16,18). The molecule has 1 aliphatic heterocycles. The van der Waals surface area contributed by atoms with Crippen LogP contribution in [0.25, 0.3) is 0 Å². The maximum absolute atomic E-state index is 11.9. The number of thiophene rings is 1. The number of carbonyl (C=O) groups is 1. The van der Waals surface area contributed by atoms with Crippen LogP contribution in [-0.4, -0.2) is 36.5 Å². The van der Waals surface area contributed by atoms with Gasteiger partial charge in [-0.2, -0.15) is 0 Å². The zero-order valence-corrected chi connectivity index (χ0v) is 12.9. The SMILES string of the molecule is CCN1CCC(NC(=O)CCc2ccc(Cl)s2)CC1. The Morgan fingerprint density at radius 1 is 1.47 bits per heavy atom. The Kier molecular flexibility index (Phi) is 5.67. The van der Waals surface area contributed by atoms with E-state index in [4.69, 9.17) is 11.6 Å². The summed E-state index contributed by atoms with van der Waals surface area (Å²) in [5, 5.41) is 3.15. The molecule has 2 heterocycles. The summed E-state index contributed by atoms with van der Waals surface area (Å²) in [6, 6.07) is 4.25. The van der Waals surface area contributed by atoms with Crippen LogP contribution in [0.15, 0.2) is 12.1 Å². The van der Waals surface area contributed by atoms with E-state index in [2.05, 4.69) is 17.1 Å². The van der Waals surface area contributed by atoms with E-state index >= 15 is 0 Å². The van der Waals surface area contributed by atoms with Gasteiger partial charge in [0.05, 0.1) is 4.34 Å². The van der Waals surface area contributed by atoms with Crippen molar-refractivity contribution in [3.05, 3.63) is 21.3 Å². The van der Waals surface area contributed by atoms with Crippen LogP contribution in [-0.2, 0) is 11.2 Å². The highest BCUT2D eigenvalue weighted by molar-refractivity contribution is 7.16. The van der Waals surface area contributed by atoms with Crippen LogP contribution in [0.4, 0.5) is 0 Å². The highest BCUT2D eigenvalue weighted by Gasteiger charge is 2.19. The van der Waals surface area contributed by atoms with Crippen molar-refractivity contribution in [3.63, 3.8) is 0 Å². The fraction of sp³-hybridized carbons (Fsp3) is 0.643. The van der Waals surface area contributed by atoms with Gasteiger partial charge in [0.15, 0.2) is 0 Å². The van der Waals surface area contributed by atoms with Gasteiger partial charge in [-0.05, 0) is 37.9 Å². The maximum atomic E-state index is 11.9. The van der Waals surface area contributed by atoms with E-state index in [1.165, 1.54) is 4.88 Å². The third kappa shape index (κ3) is 4.79. The summed E-state index contributed by atoms with van der Waals surface area (Å²) in [6.07, 6.45) is 3.50. The molecule has 0 aliphatic carbocycles. The van der Waals surface area contributed by atoms with Gasteiger partial charge in [0.25, 0.3) is 0 Å². The second kappa shape index (κ2) is 7.27. The molecular weight excluding hydrogens is 280 g/mol. The molecule has 106 valence electrons. The lowest BCUT2D eigenvalue weighted by Gasteiger charge is -2.31. The molecule has 1 amide bonds.